The largest absolute Gasteiger partial charge is 0.449 e. The number of likely N-dealkylation sites (N-methyl/N-ethyl adjacent to an activating group) is 1. The molecule has 1 heterocycles. The maximum atomic E-state index is 12.6. The number of ether oxygens (including phenoxy) is 1. The zero-order chi connectivity index (χ0) is 18.5. The van der Waals surface area contributed by atoms with E-state index in [4.69, 9.17) is 4.74 Å². The van der Waals surface area contributed by atoms with Gasteiger partial charge in [0, 0.05) is 31.2 Å². The lowest BCUT2D eigenvalue weighted by atomic mass is 9.94. The molecule has 1 aromatic heterocycles. The standard InChI is InChI=1S/C21H26N2O3/c1-16(20(24)22(2)18-10-4-3-5-11-18)26-21(25)17-9-8-12-19(15-17)23-13-6-7-14-23/h6-9,12-16,18H,3-5,10-11H2,1-2H3/t16-/m1/s1. The minimum absolute atomic E-state index is 0.133. The third-order valence-electron chi connectivity index (χ3n) is 5.09. The van der Waals surface area contributed by atoms with E-state index in [2.05, 4.69) is 0 Å². The summed E-state index contributed by atoms with van der Waals surface area (Å²) < 4.78 is 7.36. The molecule has 0 unspecified atom stereocenters. The average molecular weight is 354 g/mol. The van der Waals surface area contributed by atoms with Crippen molar-refractivity contribution < 1.29 is 14.3 Å². The van der Waals surface area contributed by atoms with E-state index in [1.54, 1.807) is 24.0 Å². The molecule has 5 nitrogen and oxygen atoms in total. The molecule has 1 aromatic carbocycles. The molecule has 1 fully saturated rings. The number of aromatic nitrogens is 1. The topological polar surface area (TPSA) is 51.5 Å². The molecule has 0 N–H and O–H groups in total. The quantitative estimate of drug-likeness (QED) is 0.767. The van der Waals surface area contributed by atoms with Crippen molar-refractivity contribution in [1.29, 1.82) is 0 Å². The summed E-state index contributed by atoms with van der Waals surface area (Å²) in [7, 11) is 1.81. The van der Waals surface area contributed by atoms with Crippen LogP contribution < -0.4 is 0 Å². The summed E-state index contributed by atoms with van der Waals surface area (Å²) in [5.41, 5.74) is 1.32. The highest BCUT2D eigenvalue weighted by Gasteiger charge is 2.28. The van der Waals surface area contributed by atoms with Gasteiger partial charge >= 0.3 is 5.97 Å². The summed E-state index contributed by atoms with van der Waals surface area (Å²) >= 11 is 0. The van der Waals surface area contributed by atoms with Crippen LogP contribution >= 0.6 is 0 Å². The second-order valence-corrected chi connectivity index (χ2v) is 6.93. The molecule has 138 valence electrons. The van der Waals surface area contributed by atoms with Crippen molar-refractivity contribution in [1.82, 2.24) is 9.47 Å². The molecule has 3 rings (SSSR count). The fourth-order valence-electron chi connectivity index (χ4n) is 3.51. The smallest absolute Gasteiger partial charge is 0.338 e. The Morgan fingerprint density at radius 3 is 2.50 bits per heavy atom. The van der Waals surface area contributed by atoms with Gasteiger partial charge in [-0.05, 0) is 50.1 Å². The first-order chi connectivity index (χ1) is 12.6. The van der Waals surface area contributed by atoms with Crippen LogP contribution in [0.1, 0.15) is 49.4 Å². The predicted octanol–water partition coefficient (Wildman–Crippen LogP) is 3.81. The lowest BCUT2D eigenvalue weighted by molar-refractivity contribution is -0.141. The molecule has 0 spiro atoms. The molecule has 1 aliphatic carbocycles. The van der Waals surface area contributed by atoms with E-state index in [0.717, 1.165) is 31.4 Å². The molecule has 0 radical (unpaired) electrons. The summed E-state index contributed by atoms with van der Waals surface area (Å²) in [6.45, 7) is 1.65. The van der Waals surface area contributed by atoms with E-state index < -0.39 is 12.1 Å². The Morgan fingerprint density at radius 1 is 1.12 bits per heavy atom. The molecule has 2 aromatic rings. The molecule has 1 saturated carbocycles. The van der Waals surface area contributed by atoms with Crippen molar-refractivity contribution in [2.75, 3.05) is 7.05 Å². The second-order valence-electron chi connectivity index (χ2n) is 6.93. The van der Waals surface area contributed by atoms with E-state index in [0.29, 0.717) is 5.56 Å². The fourth-order valence-corrected chi connectivity index (χ4v) is 3.51. The highest BCUT2D eigenvalue weighted by Crippen LogP contribution is 2.22. The van der Waals surface area contributed by atoms with E-state index in [1.807, 2.05) is 48.3 Å². The number of amides is 1. The Balaban J connectivity index is 1.63. The second kappa shape index (κ2) is 8.21. The van der Waals surface area contributed by atoms with Crippen LogP contribution in [0, 0.1) is 0 Å². The van der Waals surface area contributed by atoms with Crippen molar-refractivity contribution in [3.05, 3.63) is 54.4 Å². The first-order valence-corrected chi connectivity index (χ1v) is 9.27. The van der Waals surface area contributed by atoms with Gasteiger partial charge in [0.25, 0.3) is 5.91 Å². The van der Waals surface area contributed by atoms with Crippen LogP contribution in [0.15, 0.2) is 48.8 Å². The average Bonchev–Trinajstić information content (AvgIpc) is 3.22. The molecule has 1 atom stereocenters. The molecule has 5 heteroatoms. The van der Waals surface area contributed by atoms with Crippen molar-refractivity contribution >= 4 is 11.9 Å². The SMILES string of the molecule is C[C@@H](OC(=O)c1cccc(-n2cccc2)c1)C(=O)N(C)C1CCCCC1. The zero-order valence-corrected chi connectivity index (χ0v) is 15.4. The van der Waals surface area contributed by atoms with Gasteiger partial charge in [-0.1, -0.05) is 25.3 Å². The van der Waals surface area contributed by atoms with Gasteiger partial charge in [0.05, 0.1) is 5.56 Å². The summed E-state index contributed by atoms with van der Waals surface area (Å²) in [6.07, 6.45) is 8.64. The summed E-state index contributed by atoms with van der Waals surface area (Å²) in [5.74, 6) is -0.608. The number of carbonyl (C=O) groups is 2. The molecular formula is C21H26N2O3. The van der Waals surface area contributed by atoms with Crippen molar-refractivity contribution in [2.24, 2.45) is 0 Å². The van der Waals surface area contributed by atoms with Gasteiger partial charge in [-0.15, -0.1) is 0 Å². The van der Waals surface area contributed by atoms with Crippen LogP contribution in [0.3, 0.4) is 0 Å². The third-order valence-corrected chi connectivity index (χ3v) is 5.09. The van der Waals surface area contributed by atoms with Crippen LogP contribution in [-0.4, -0.2) is 40.5 Å². The van der Waals surface area contributed by atoms with E-state index >= 15 is 0 Å². The van der Waals surface area contributed by atoms with Gasteiger partial charge in [0.1, 0.15) is 0 Å². The number of nitrogens with zero attached hydrogens (tertiary/aromatic N) is 2. The third kappa shape index (κ3) is 4.15. The Kier molecular flexibility index (Phi) is 5.76. The van der Waals surface area contributed by atoms with Gasteiger partial charge in [-0.25, -0.2) is 4.79 Å². The molecule has 0 bridgehead atoms. The zero-order valence-electron chi connectivity index (χ0n) is 15.4. The van der Waals surface area contributed by atoms with Crippen molar-refractivity contribution in [3.63, 3.8) is 0 Å². The van der Waals surface area contributed by atoms with Crippen molar-refractivity contribution in [3.8, 4) is 5.69 Å². The molecule has 0 aliphatic heterocycles. The normalized spacial score (nSPS) is 16.1. The lowest BCUT2D eigenvalue weighted by Crippen LogP contribution is -2.44. The number of esters is 1. The molecule has 26 heavy (non-hydrogen) atoms. The number of hydrogen-bond acceptors (Lipinski definition) is 3. The van der Waals surface area contributed by atoms with E-state index in [-0.39, 0.29) is 11.9 Å². The van der Waals surface area contributed by atoms with Crippen LogP contribution in [0.25, 0.3) is 5.69 Å². The fraction of sp³-hybridized carbons (Fsp3) is 0.429. The minimum Gasteiger partial charge on any atom is -0.449 e. The number of benzene rings is 1. The van der Waals surface area contributed by atoms with Gasteiger partial charge in [-0.3, -0.25) is 4.79 Å². The van der Waals surface area contributed by atoms with Gasteiger partial charge in [-0.2, -0.15) is 0 Å². The highest BCUT2D eigenvalue weighted by molar-refractivity contribution is 5.92. The monoisotopic (exact) mass is 354 g/mol. The number of hydrogen-bond donors (Lipinski definition) is 0. The Labute approximate surface area is 154 Å². The van der Waals surface area contributed by atoms with Crippen molar-refractivity contribution in [2.45, 2.75) is 51.2 Å². The van der Waals surface area contributed by atoms with Gasteiger partial charge in [0.15, 0.2) is 6.10 Å². The number of carbonyl (C=O) groups excluding carboxylic acids is 2. The summed E-state index contributed by atoms with van der Waals surface area (Å²) in [5, 5.41) is 0. The molecular weight excluding hydrogens is 328 g/mol. The van der Waals surface area contributed by atoms with Crippen LogP contribution in [0.2, 0.25) is 0 Å². The Bertz CT molecular complexity index is 748. The van der Waals surface area contributed by atoms with Crippen LogP contribution in [0.5, 0.6) is 0 Å². The minimum atomic E-state index is -0.787. The number of rotatable bonds is 5. The Morgan fingerprint density at radius 2 is 1.81 bits per heavy atom. The summed E-state index contributed by atoms with van der Waals surface area (Å²) in [6, 6.07) is 11.3. The lowest BCUT2D eigenvalue weighted by Gasteiger charge is -2.32. The highest BCUT2D eigenvalue weighted by atomic mass is 16.5. The van der Waals surface area contributed by atoms with Gasteiger partial charge < -0.3 is 14.2 Å². The molecule has 1 aliphatic rings. The van der Waals surface area contributed by atoms with E-state index in [1.165, 1.54) is 6.42 Å². The molecule has 1 amide bonds. The summed E-state index contributed by atoms with van der Waals surface area (Å²) in [4.78, 5) is 26.8. The first kappa shape index (κ1) is 18.2. The maximum absolute atomic E-state index is 12.6. The predicted molar refractivity (Wildman–Crippen MR) is 100 cm³/mol. The van der Waals surface area contributed by atoms with E-state index in [9.17, 15) is 9.59 Å². The molecule has 0 saturated heterocycles. The Hall–Kier alpha value is -2.56. The van der Waals surface area contributed by atoms with Gasteiger partial charge in [0.2, 0.25) is 0 Å². The van der Waals surface area contributed by atoms with Crippen LogP contribution in [0.4, 0.5) is 0 Å². The maximum Gasteiger partial charge on any atom is 0.338 e. The van der Waals surface area contributed by atoms with Crippen LogP contribution in [-0.2, 0) is 9.53 Å². The first-order valence-electron chi connectivity index (χ1n) is 9.27.